The molecule has 8 nitrogen and oxygen atoms in total. The fourth-order valence-corrected chi connectivity index (χ4v) is 5.74. The molecule has 2 atom stereocenters. The van der Waals surface area contributed by atoms with Crippen LogP contribution in [0.25, 0.3) is 11.1 Å². The van der Waals surface area contributed by atoms with E-state index in [2.05, 4.69) is 26.1 Å². The number of carboxylic acids is 1. The molecule has 2 N–H and O–H groups in total. The first-order chi connectivity index (χ1) is 23.2. The number of hydrogen-bond acceptors (Lipinski definition) is 5. The second kappa shape index (κ2) is 14.6. The Bertz CT molecular complexity index is 1770. The highest BCUT2D eigenvalue weighted by molar-refractivity contribution is 5.90. The van der Waals surface area contributed by atoms with Crippen molar-refractivity contribution in [3.05, 3.63) is 119 Å². The number of amides is 2. The quantitative estimate of drug-likeness (QED) is 0.187. The van der Waals surface area contributed by atoms with Crippen LogP contribution in [-0.4, -0.2) is 46.7 Å². The van der Waals surface area contributed by atoms with Crippen molar-refractivity contribution in [2.75, 3.05) is 6.61 Å². The molecule has 0 aliphatic carbocycles. The van der Waals surface area contributed by atoms with Crippen molar-refractivity contribution in [2.45, 2.75) is 78.4 Å². The molecule has 0 unspecified atom stereocenters. The van der Waals surface area contributed by atoms with Crippen LogP contribution in [0.3, 0.4) is 0 Å². The van der Waals surface area contributed by atoms with Crippen molar-refractivity contribution >= 4 is 18.0 Å². The van der Waals surface area contributed by atoms with E-state index in [1.54, 1.807) is 0 Å². The Labute approximate surface area is 289 Å². The Morgan fingerprint density at radius 2 is 1.45 bits per heavy atom. The van der Waals surface area contributed by atoms with E-state index in [-0.39, 0.29) is 36.8 Å². The van der Waals surface area contributed by atoms with Crippen LogP contribution in [0.15, 0.2) is 97.1 Å². The Kier molecular flexibility index (Phi) is 10.5. The molecule has 0 spiro atoms. The minimum absolute atomic E-state index is 0.0247. The van der Waals surface area contributed by atoms with Crippen LogP contribution in [0, 0.1) is 5.41 Å². The molecule has 2 amide bonds. The lowest BCUT2D eigenvalue weighted by Gasteiger charge is -2.36. The maximum Gasteiger partial charge on any atom is 0.410 e. The van der Waals surface area contributed by atoms with E-state index < -0.39 is 30.1 Å². The highest BCUT2D eigenvalue weighted by Gasteiger charge is 2.38. The largest absolute Gasteiger partial charge is 0.480 e. The first-order valence-corrected chi connectivity index (χ1v) is 16.7. The number of nitrogens with zero attached hydrogens (tertiary/aromatic N) is 1. The van der Waals surface area contributed by atoms with E-state index in [4.69, 9.17) is 9.47 Å². The lowest BCUT2D eigenvalue weighted by Crippen LogP contribution is -2.56. The average Bonchev–Trinajstić information content (AvgIpc) is 3.06. The van der Waals surface area contributed by atoms with Crippen molar-refractivity contribution in [1.82, 2.24) is 10.2 Å². The molecule has 4 aromatic rings. The molecular weight excluding hydrogens is 616 g/mol. The van der Waals surface area contributed by atoms with Crippen LogP contribution in [0.4, 0.5) is 4.79 Å². The van der Waals surface area contributed by atoms with Crippen LogP contribution in [-0.2, 0) is 39.1 Å². The maximum absolute atomic E-state index is 13.8. The summed E-state index contributed by atoms with van der Waals surface area (Å²) in [5, 5.41) is 12.8. The summed E-state index contributed by atoms with van der Waals surface area (Å²) in [6.07, 6.45) is -0.344. The zero-order chi connectivity index (χ0) is 35.3. The minimum atomic E-state index is -1.19. The molecule has 49 heavy (non-hydrogen) atoms. The topological polar surface area (TPSA) is 105 Å². The summed E-state index contributed by atoms with van der Waals surface area (Å²) in [7, 11) is 0. The second-order valence-electron chi connectivity index (χ2n) is 14.9. The smallest absolute Gasteiger partial charge is 0.410 e. The number of carbonyl (C=O) groups is 3. The van der Waals surface area contributed by atoms with Crippen molar-refractivity contribution in [1.29, 1.82) is 0 Å². The van der Waals surface area contributed by atoms with Gasteiger partial charge in [0.15, 0.2) is 0 Å². The van der Waals surface area contributed by atoms with Gasteiger partial charge in [-0.2, -0.15) is 0 Å². The van der Waals surface area contributed by atoms with Crippen LogP contribution in [0.5, 0.6) is 11.5 Å². The number of carbonyl (C=O) groups excluding carboxylic acids is 2. The average molecular weight is 663 g/mol. The van der Waals surface area contributed by atoms with Gasteiger partial charge in [0.2, 0.25) is 5.91 Å². The number of benzene rings is 4. The first kappa shape index (κ1) is 35.2. The summed E-state index contributed by atoms with van der Waals surface area (Å²) >= 11 is 0. The number of rotatable bonds is 9. The van der Waals surface area contributed by atoms with Gasteiger partial charge in [0.05, 0.1) is 13.2 Å². The van der Waals surface area contributed by atoms with Crippen molar-refractivity contribution in [3.8, 4) is 22.6 Å². The SMILES string of the molecule is CC(C)(C)COC(=O)N1Cc2cc(Oc3ccc(C(C)(C)C)cc3)ccc2C[C@H]1C(=O)N[C@@H](Cc1ccc(-c2ccccc2)cc1)C(=O)O. The third-order valence-corrected chi connectivity index (χ3v) is 8.55. The summed E-state index contributed by atoms with van der Waals surface area (Å²) in [5.41, 5.74) is 5.48. The fourth-order valence-electron chi connectivity index (χ4n) is 5.74. The molecule has 1 aliphatic rings. The Morgan fingerprint density at radius 1 is 0.816 bits per heavy atom. The van der Waals surface area contributed by atoms with Gasteiger partial charge in [0.1, 0.15) is 23.6 Å². The molecule has 5 rings (SSSR count). The number of ether oxygens (including phenoxy) is 2. The zero-order valence-electron chi connectivity index (χ0n) is 29.2. The van der Waals surface area contributed by atoms with E-state index in [0.29, 0.717) is 11.5 Å². The molecule has 0 saturated heterocycles. The van der Waals surface area contributed by atoms with Crippen LogP contribution in [0.2, 0.25) is 0 Å². The highest BCUT2D eigenvalue weighted by atomic mass is 16.6. The number of carboxylic acid groups (broad SMARTS) is 1. The van der Waals surface area contributed by atoms with Crippen LogP contribution < -0.4 is 10.1 Å². The van der Waals surface area contributed by atoms with Crippen LogP contribution in [0.1, 0.15) is 63.8 Å². The van der Waals surface area contributed by atoms with E-state index in [1.165, 1.54) is 10.5 Å². The van der Waals surface area contributed by atoms with E-state index in [1.807, 2.05) is 118 Å². The van der Waals surface area contributed by atoms with E-state index >= 15 is 0 Å². The second-order valence-corrected chi connectivity index (χ2v) is 14.9. The molecule has 0 bridgehead atoms. The third-order valence-electron chi connectivity index (χ3n) is 8.55. The molecule has 1 aliphatic heterocycles. The normalized spacial score (nSPS) is 15.1. The lowest BCUT2D eigenvalue weighted by atomic mass is 9.87. The molecule has 256 valence electrons. The van der Waals surface area contributed by atoms with Crippen molar-refractivity contribution in [2.24, 2.45) is 5.41 Å². The summed E-state index contributed by atoms with van der Waals surface area (Å²) in [6.45, 7) is 12.6. The number of hydrogen-bond donors (Lipinski definition) is 2. The number of nitrogens with one attached hydrogen (secondary N) is 1. The van der Waals surface area contributed by atoms with Gasteiger partial charge in [-0.1, -0.05) is 114 Å². The van der Waals surface area contributed by atoms with Gasteiger partial charge in [-0.3, -0.25) is 9.69 Å². The predicted octanol–water partition coefficient (Wildman–Crippen LogP) is 8.16. The van der Waals surface area contributed by atoms with Gasteiger partial charge >= 0.3 is 12.1 Å². The van der Waals surface area contributed by atoms with Gasteiger partial charge in [-0.15, -0.1) is 0 Å². The van der Waals surface area contributed by atoms with Gasteiger partial charge in [0, 0.05) is 12.8 Å². The monoisotopic (exact) mass is 662 g/mol. The molecule has 0 radical (unpaired) electrons. The molecular formula is C41H46N2O6. The Hall–Kier alpha value is -5.11. The third kappa shape index (κ3) is 9.28. The fraction of sp³-hybridized carbons (Fsp3) is 0.341. The molecule has 0 saturated carbocycles. The van der Waals surface area contributed by atoms with Gasteiger partial charge in [-0.05, 0) is 68.5 Å². The molecule has 0 aromatic heterocycles. The summed E-state index contributed by atoms with van der Waals surface area (Å²) in [6, 6.07) is 29.0. The first-order valence-electron chi connectivity index (χ1n) is 16.7. The highest BCUT2D eigenvalue weighted by Crippen LogP contribution is 2.32. The van der Waals surface area contributed by atoms with Crippen LogP contribution >= 0.6 is 0 Å². The van der Waals surface area contributed by atoms with E-state index in [0.717, 1.165) is 27.8 Å². The lowest BCUT2D eigenvalue weighted by molar-refractivity contribution is -0.142. The molecule has 4 aromatic carbocycles. The maximum atomic E-state index is 13.8. The summed E-state index contributed by atoms with van der Waals surface area (Å²) in [5.74, 6) is -0.406. The molecule has 1 heterocycles. The molecule has 0 fully saturated rings. The van der Waals surface area contributed by atoms with Crippen molar-refractivity contribution in [3.63, 3.8) is 0 Å². The zero-order valence-corrected chi connectivity index (χ0v) is 29.2. The molecule has 8 heteroatoms. The van der Waals surface area contributed by atoms with Gasteiger partial charge in [0.25, 0.3) is 0 Å². The summed E-state index contributed by atoms with van der Waals surface area (Å²) < 4.78 is 11.8. The Balaban J connectivity index is 1.34. The Morgan fingerprint density at radius 3 is 2.06 bits per heavy atom. The van der Waals surface area contributed by atoms with Crippen molar-refractivity contribution < 1.29 is 29.0 Å². The number of fused-ring (bicyclic) bond motifs is 1. The van der Waals surface area contributed by atoms with Gasteiger partial charge in [-0.25, -0.2) is 9.59 Å². The van der Waals surface area contributed by atoms with Gasteiger partial charge < -0.3 is 19.9 Å². The minimum Gasteiger partial charge on any atom is -0.480 e. The number of aliphatic carboxylic acids is 1. The standard InChI is InChI=1S/C41H46N2O6/c1-40(2,3)26-48-39(47)43-25-31-23-34(49-33-20-17-32(18-21-33)41(4,5)6)19-16-30(31)24-36(43)37(44)42-35(38(45)46)22-27-12-14-29(15-13-27)28-10-8-7-9-11-28/h7-21,23,35-36H,22,24-26H2,1-6H3,(H,42,44)(H,45,46)/t35-,36-/m0/s1. The van der Waals surface area contributed by atoms with E-state index in [9.17, 15) is 19.5 Å². The summed E-state index contributed by atoms with van der Waals surface area (Å²) in [4.78, 5) is 41.1. The predicted molar refractivity (Wildman–Crippen MR) is 191 cm³/mol.